The highest BCUT2D eigenvalue weighted by Crippen LogP contribution is 2.20. The minimum absolute atomic E-state index is 0.234. The quantitative estimate of drug-likeness (QED) is 0.605. The summed E-state index contributed by atoms with van der Waals surface area (Å²) in [7, 11) is 0. The van der Waals surface area contributed by atoms with Crippen LogP contribution in [0.5, 0.6) is 0 Å². The van der Waals surface area contributed by atoms with Gasteiger partial charge < -0.3 is 0 Å². The molecule has 0 atom stereocenters. The lowest BCUT2D eigenvalue weighted by Gasteiger charge is -2.10. The number of para-hydroxylation sites is 2. The number of hydrogen-bond donors (Lipinski definition) is 2. The third-order valence-electron chi connectivity index (χ3n) is 3.90. The van der Waals surface area contributed by atoms with Gasteiger partial charge in [-0.2, -0.15) is 5.10 Å². The van der Waals surface area contributed by atoms with E-state index in [1.54, 1.807) is 42.7 Å². The number of H-pyrrole nitrogens is 1. The summed E-state index contributed by atoms with van der Waals surface area (Å²) in [5, 5.41) is 8.37. The predicted octanol–water partition coefficient (Wildman–Crippen LogP) is 2.32. The molecule has 3 N–H and O–H groups in total. The van der Waals surface area contributed by atoms with Crippen molar-refractivity contribution in [2.24, 2.45) is 0 Å². The largest absolute Gasteiger partial charge is 0.277 e. The summed E-state index contributed by atoms with van der Waals surface area (Å²) in [6, 6.07) is 12.2. The maximum atomic E-state index is 12.6. The van der Waals surface area contributed by atoms with Crippen LogP contribution in [0.4, 0.5) is 0 Å². The van der Waals surface area contributed by atoms with Crippen LogP contribution in [0, 0.1) is 0 Å². The standard InChI is InChI=1S/C17H12N5O2/c18-16(23)13-6-1-3-10-7-8-22(15(10)13)21-17(24)12-5-2-4-11-9-19-20-14(11)12/h1-9,18H,(H,19,20)(H,21,24). The first-order chi connectivity index (χ1) is 11.6. The number of aromatic amines is 1. The van der Waals surface area contributed by atoms with Crippen LogP contribution in [0.15, 0.2) is 54.9 Å². The van der Waals surface area contributed by atoms with Crippen LogP contribution in [0.2, 0.25) is 0 Å². The van der Waals surface area contributed by atoms with Crippen LogP contribution in [-0.2, 0) is 0 Å². The number of benzene rings is 2. The van der Waals surface area contributed by atoms with Gasteiger partial charge in [0.25, 0.3) is 11.8 Å². The summed E-state index contributed by atoms with van der Waals surface area (Å²) in [5.41, 5.74) is 12.0. The van der Waals surface area contributed by atoms with E-state index in [2.05, 4.69) is 15.6 Å². The lowest BCUT2D eigenvalue weighted by molar-refractivity contribution is 0.0987. The summed E-state index contributed by atoms with van der Waals surface area (Å²) in [6.45, 7) is 0. The van der Waals surface area contributed by atoms with E-state index in [4.69, 9.17) is 5.73 Å². The maximum Gasteiger partial charge on any atom is 0.272 e. The van der Waals surface area contributed by atoms with Crippen molar-refractivity contribution in [1.29, 1.82) is 0 Å². The van der Waals surface area contributed by atoms with Gasteiger partial charge in [0, 0.05) is 17.0 Å². The summed E-state index contributed by atoms with van der Waals surface area (Å²) in [4.78, 5) is 24.2. The third kappa shape index (κ3) is 2.11. The van der Waals surface area contributed by atoms with Crippen molar-refractivity contribution in [1.82, 2.24) is 20.6 Å². The van der Waals surface area contributed by atoms with Gasteiger partial charge in [0.15, 0.2) is 0 Å². The Bertz CT molecular complexity index is 1090. The number of nitrogens with zero attached hydrogens (tertiary/aromatic N) is 2. The fourth-order valence-corrected chi connectivity index (χ4v) is 2.80. The molecule has 0 aliphatic rings. The molecule has 7 heteroatoms. The second kappa shape index (κ2) is 5.24. The van der Waals surface area contributed by atoms with E-state index in [1.807, 2.05) is 12.1 Å². The summed E-state index contributed by atoms with van der Waals surface area (Å²) >= 11 is 0. The molecule has 4 aromatic rings. The molecular weight excluding hydrogens is 306 g/mol. The minimum Gasteiger partial charge on any atom is -0.277 e. The summed E-state index contributed by atoms with van der Waals surface area (Å²) in [6.07, 6.45) is 3.30. The molecule has 2 aromatic carbocycles. The fourth-order valence-electron chi connectivity index (χ4n) is 2.80. The van der Waals surface area contributed by atoms with Crippen LogP contribution in [0.25, 0.3) is 21.8 Å². The van der Waals surface area contributed by atoms with Crippen LogP contribution in [-0.4, -0.2) is 26.7 Å². The van der Waals surface area contributed by atoms with E-state index in [-0.39, 0.29) is 11.5 Å². The van der Waals surface area contributed by atoms with Gasteiger partial charge in [-0.05, 0) is 18.2 Å². The van der Waals surface area contributed by atoms with Crippen molar-refractivity contribution in [3.63, 3.8) is 0 Å². The molecule has 2 aromatic heterocycles. The average molecular weight is 318 g/mol. The molecule has 117 valence electrons. The molecule has 0 saturated carbocycles. The number of carbonyl (C=O) groups excluding carboxylic acids is 2. The molecule has 2 heterocycles. The molecule has 1 radical (unpaired) electrons. The van der Waals surface area contributed by atoms with Crippen LogP contribution < -0.4 is 11.2 Å². The minimum atomic E-state index is -0.800. The number of carbonyl (C=O) groups is 2. The first kappa shape index (κ1) is 14.0. The molecule has 2 amide bonds. The van der Waals surface area contributed by atoms with Crippen molar-refractivity contribution < 1.29 is 9.59 Å². The Balaban J connectivity index is 1.78. The fraction of sp³-hybridized carbons (Fsp3) is 0. The number of fused-ring (bicyclic) bond motifs is 2. The summed E-state index contributed by atoms with van der Waals surface area (Å²) < 4.78 is 1.47. The molecule has 0 fully saturated rings. The second-order valence-electron chi connectivity index (χ2n) is 5.34. The Morgan fingerprint density at radius 1 is 1.04 bits per heavy atom. The van der Waals surface area contributed by atoms with Gasteiger partial charge in [-0.25, -0.2) is 0 Å². The van der Waals surface area contributed by atoms with E-state index < -0.39 is 5.91 Å². The highest BCUT2D eigenvalue weighted by atomic mass is 16.2. The summed E-state index contributed by atoms with van der Waals surface area (Å²) in [5.74, 6) is -1.14. The van der Waals surface area contributed by atoms with Gasteiger partial charge in [0.1, 0.15) is 0 Å². The highest BCUT2D eigenvalue weighted by Gasteiger charge is 2.15. The van der Waals surface area contributed by atoms with Crippen LogP contribution in [0.3, 0.4) is 0 Å². The van der Waals surface area contributed by atoms with E-state index in [1.165, 1.54) is 4.68 Å². The lowest BCUT2D eigenvalue weighted by Crippen LogP contribution is -2.23. The van der Waals surface area contributed by atoms with Crippen molar-refractivity contribution in [2.45, 2.75) is 0 Å². The normalized spacial score (nSPS) is 11.0. The molecule has 7 nitrogen and oxygen atoms in total. The number of hydrogen-bond acceptors (Lipinski definition) is 3. The maximum absolute atomic E-state index is 12.6. The van der Waals surface area contributed by atoms with E-state index in [9.17, 15) is 9.59 Å². The lowest BCUT2D eigenvalue weighted by atomic mass is 10.1. The van der Waals surface area contributed by atoms with Crippen molar-refractivity contribution >= 4 is 33.6 Å². The molecule has 0 spiro atoms. The molecule has 24 heavy (non-hydrogen) atoms. The molecule has 4 rings (SSSR count). The SMILES string of the molecule is [NH]C(=O)c1cccc2ccn(NC(=O)c3cccc4cn[nH]c34)c12. The Kier molecular flexibility index (Phi) is 3.06. The first-order valence-corrected chi connectivity index (χ1v) is 7.24. The van der Waals surface area contributed by atoms with Crippen molar-refractivity contribution in [3.05, 3.63) is 66.0 Å². The van der Waals surface area contributed by atoms with Crippen molar-refractivity contribution in [3.8, 4) is 0 Å². The van der Waals surface area contributed by atoms with Gasteiger partial charge in [0.05, 0.1) is 28.4 Å². The Hall–Kier alpha value is -3.61. The third-order valence-corrected chi connectivity index (χ3v) is 3.90. The van der Waals surface area contributed by atoms with Crippen LogP contribution >= 0.6 is 0 Å². The molecule has 0 unspecified atom stereocenters. The number of rotatable bonds is 3. The molecular formula is C17H12N5O2. The van der Waals surface area contributed by atoms with E-state index in [0.29, 0.717) is 16.6 Å². The zero-order valence-corrected chi connectivity index (χ0v) is 12.4. The Morgan fingerprint density at radius 3 is 2.58 bits per heavy atom. The Labute approximate surface area is 136 Å². The van der Waals surface area contributed by atoms with Crippen LogP contribution in [0.1, 0.15) is 20.7 Å². The number of amides is 2. The second-order valence-corrected chi connectivity index (χ2v) is 5.34. The van der Waals surface area contributed by atoms with E-state index in [0.717, 1.165) is 10.8 Å². The Morgan fingerprint density at radius 2 is 1.79 bits per heavy atom. The van der Waals surface area contributed by atoms with Gasteiger partial charge >= 0.3 is 0 Å². The van der Waals surface area contributed by atoms with Gasteiger partial charge in [-0.15, -0.1) is 0 Å². The van der Waals surface area contributed by atoms with Gasteiger partial charge in [-0.3, -0.25) is 30.5 Å². The zero-order chi connectivity index (χ0) is 16.7. The average Bonchev–Trinajstić information content (AvgIpc) is 3.21. The molecule has 0 aliphatic carbocycles. The zero-order valence-electron chi connectivity index (χ0n) is 12.4. The number of aromatic nitrogens is 3. The highest BCUT2D eigenvalue weighted by molar-refractivity contribution is 6.10. The van der Waals surface area contributed by atoms with Gasteiger partial charge in [-0.1, -0.05) is 24.3 Å². The predicted molar refractivity (Wildman–Crippen MR) is 89.2 cm³/mol. The van der Waals surface area contributed by atoms with Crippen molar-refractivity contribution in [2.75, 3.05) is 5.43 Å². The molecule has 0 bridgehead atoms. The smallest absolute Gasteiger partial charge is 0.272 e. The number of nitrogens with one attached hydrogen (secondary N) is 3. The monoisotopic (exact) mass is 318 g/mol. The molecule has 0 saturated heterocycles. The molecule has 0 aliphatic heterocycles. The van der Waals surface area contributed by atoms with Gasteiger partial charge in [0.2, 0.25) is 0 Å². The first-order valence-electron chi connectivity index (χ1n) is 7.24. The topological polar surface area (TPSA) is 104 Å². The van der Waals surface area contributed by atoms with E-state index >= 15 is 0 Å².